The van der Waals surface area contributed by atoms with Gasteiger partial charge in [-0.1, -0.05) is 0 Å². The van der Waals surface area contributed by atoms with Crippen LogP contribution in [0.2, 0.25) is 0 Å². The minimum atomic E-state index is 0.502. The molecule has 0 saturated carbocycles. The molecule has 0 aliphatic carbocycles. The van der Waals surface area contributed by atoms with E-state index in [2.05, 4.69) is 13.5 Å². The van der Waals surface area contributed by atoms with Crippen LogP contribution in [0.3, 0.4) is 0 Å². The smallest absolute Gasteiger partial charge is 0.181 e. The molecule has 1 heterocycles. The Morgan fingerprint density at radius 2 is 2.50 bits per heavy atom. The van der Waals surface area contributed by atoms with Crippen LogP contribution in [0.15, 0.2) is 12.5 Å². The van der Waals surface area contributed by atoms with Gasteiger partial charge in [0, 0.05) is 7.05 Å². The fourth-order valence-electron chi connectivity index (χ4n) is 0.676. The van der Waals surface area contributed by atoms with Gasteiger partial charge in [0.2, 0.25) is 0 Å². The van der Waals surface area contributed by atoms with Crippen molar-refractivity contribution >= 4 is 0 Å². The van der Waals surface area contributed by atoms with Crippen LogP contribution in [-0.4, -0.2) is 24.6 Å². The van der Waals surface area contributed by atoms with E-state index in [4.69, 9.17) is 4.74 Å². The first-order valence-corrected chi connectivity index (χ1v) is 2.76. The molecule has 0 aromatic carbocycles. The van der Waals surface area contributed by atoms with Crippen molar-refractivity contribution in [3.8, 4) is 0 Å². The zero-order valence-corrected chi connectivity index (χ0v) is 5.35. The molecule has 0 aromatic heterocycles. The summed E-state index contributed by atoms with van der Waals surface area (Å²) in [6.07, 6.45) is 0. The second-order valence-corrected chi connectivity index (χ2v) is 2.16. The predicted octanol–water partition coefficient (Wildman–Crippen LogP) is 0.808. The summed E-state index contributed by atoms with van der Waals surface area (Å²) >= 11 is 0. The lowest BCUT2D eigenvalue weighted by Crippen LogP contribution is -2.21. The highest BCUT2D eigenvalue weighted by Gasteiger charge is 2.19. The van der Waals surface area contributed by atoms with Gasteiger partial charge in [0.1, 0.15) is 6.61 Å². The van der Waals surface area contributed by atoms with Gasteiger partial charge in [0.15, 0.2) is 5.88 Å². The molecule has 8 heavy (non-hydrogen) atoms. The largest absolute Gasteiger partial charge is 0.477 e. The summed E-state index contributed by atoms with van der Waals surface area (Å²) in [5.74, 6) is 0.789. The van der Waals surface area contributed by atoms with E-state index in [1.54, 1.807) is 0 Å². The van der Waals surface area contributed by atoms with Gasteiger partial charge in [-0.05, 0) is 13.5 Å². The molecule has 1 fully saturated rings. The molecule has 1 aliphatic heterocycles. The van der Waals surface area contributed by atoms with Crippen molar-refractivity contribution in [1.82, 2.24) is 4.90 Å². The quantitative estimate of drug-likeness (QED) is 0.461. The number of ether oxygens (including phenoxy) is 1. The van der Waals surface area contributed by atoms with Crippen LogP contribution >= 0.6 is 0 Å². The maximum atomic E-state index is 5.11. The Hall–Kier alpha value is -0.660. The first-order valence-electron chi connectivity index (χ1n) is 2.76. The molecule has 0 spiro atoms. The zero-order chi connectivity index (χ0) is 6.15. The van der Waals surface area contributed by atoms with Crippen LogP contribution in [0.5, 0.6) is 0 Å². The number of nitrogens with zero attached hydrogens (tertiary/aromatic N) is 1. The topological polar surface area (TPSA) is 12.5 Å². The molecule has 0 amide bonds. The van der Waals surface area contributed by atoms with Crippen molar-refractivity contribution in [2.24, 2.45) is 0 Å². The molecule has 2 heteroatoms. The minimum Gasteiger partial charge on any atom is -0.477 e. The standard InChI is InChI=1S/C6H11NO/c1-5-4-8-6(2)7(5)3/h5H,2,4H2,1,3H3. The summed E-state index contributed by atoms with van der Waals surface area (Å²) in [7, 11) is 1.99. The van der Waals surface area contributed by atoms with E-state index in [1.807, 2.05) is 11.9 Å². The van der Waals surface area contributed by atoms with Crippen LogP contribution in [0, 0.1) is 0 Å². The maximum absolute atomic E-state index is 5.11. The highest BCUT2D eigenvalue weighted by Crippen LogP contribution is 2.14. The Kier molecular flexibility index (Phi) is 1.16. The van der Waals surface area contributed by atoms with Crippen LogP contribution < -0.4 is 0 Å². The Balaban J connectivity index is 2.56. The lowest BCUT2D eigenvalue weighted by Gasteiger charge is -2.12. The van der Waals surface area contributed by atoms with Gasteiger partial charge >= 0.3 is 0 Å². The van der Waals surface area contributed by atoms with Gasteiger partial charge in [0.05, 0.1) is 6.04 Å². The molecule has 46 valence electrons. The van der Waals surface area contributed by atoms with Crippen molar-refractivity contribution in [2.45, 2.75) is 13.0 Å². The van der Waals surface area contributed by atoms with Gasteiger partial charge in [-0.25, -0.2) is 0 Å². The van der Waals surface area contributed by atoms with Crippen LogP contribution in [0.25, 0.3) is 0 Å². The zero-order valence-electron chi connectivity index (χ0n) is 5.35. The summed E-state index contributed by atoms with van der Waals surface area (Å²) in [5.41, 5.74) is 0. The predicted molar refractivity (Wildman–Crippen MR) is 32.3 cm³/mol. The van der Waals surface area contributed by atoms with Gasteiger partial charge in [-0.15, -0.1) is 0 Å². The van der Waals surface area contributed by atoms with E-state index < -0.39 is 0 Å². The summed E-state index contributed by atoms with van der Waals surface area (Å²) < 4.78 is 5.11. The molecule has 1 atom stereocenters. The molecule has 0 bridgehead atoms. The monoisotopic (exact) mass is 113 g/mol. The third kappa shape index (κ3) is 0.661. The van der Waals surface area contributed by atoms with Crippen molar-refractivity contribution < 1.29 is 4.74 Å². The van der Waals surface area contributed by atoms with E-state index in [-0.39, 0.29) is 0 Å². The number of likely N-dealkylation sites (N-methyl/N-ethyl adjacent to an activating group) is 1. The highest BCUT2D eigenvalue weighted by atomic mass is 16.5. The fraction of sp³-hybridized carbons (Fsp3) is 0.667. The van der Waals surface area contributed by atoms with Crippen LogP contribution in [-0.2, 0) is 4.74 Å². The first-order chi connectivity index (χ1) is 3.72. The van der Waals surface area contributed by atoms with Crippen LogP contribution in [0.1, 0.15) is 6.92 Å². The van der Waals surface area contributed by atoms with Crippen molar-refractivity contribution in [2.75, 3.05) is 13.7 Å². The summed E-state index contributed by atoms with van der Waals surface area (Å²) in [4.78, 5) is 2.03. The van der Waals surface area contributed by atoms with Crippen LogP contribution in [0.4, 0.5) is 0 Å². The molecule has 0 N–H and O–H groups in total. The lowest BCUT2D eigenvalue weighted by atomic mass is 10.4. The lowest BCUT2D eigenvalue weighted by molar-refractivity contribution is 0.246. The molecule has 0 aromatic rings. The van der Waals surface area contributed by atoms with Gasteiger partial charge in [0.25, 0.3) is 0 Å². The Morgan fingerprint density at radius 3 is 2.62 bits per heavy atom. The van der Waals surface area contributed by atoms with Crippen molar-refractivity contribution in [3.05, 3.63) is 12.5 Å². The van der Waals surface area contributed by atoms with Gasteiger partial charge in [-0.2, -0.15) is 0 Å². The third-order valence-corrected chi connectivity index (χ3v) is 1.55. The fourth-order valence-corrected chi connectivity index (χ4v) is 0.676. The Bertz CT molecular complexity index is 111. The second-order valence-electron chi connectivity index (χ2n) is 2.16. The van der Waals surface area contributed by atoms with E-state index in [0.717, 1.165) is 12.5 Å². The third-order valence-electron chi connectivity index (χ3n) is 1.55. The normalized spacial score (nSPS) is 28.5. The first kappa shape index (κ1) is 5.48. The van der Waals surface area contributed by atoms with E-state index in [0.29, 0.717) is 6.04 Å². The molecule has 1 unspecified atom stereocenters. The summed E-state index contributed by atoms with van der Waals surface area (Å²) in [5, 5.41) is 0. The molecule has 1 saturated heterocycles. The van der Waals surface area contributed by atoms with Gasteiger partial charge < -0.3 is 9.64 Å². The molecule has 0 radical (unpaired) electrons. The number of hydrogen-bond donors (Lipinski definition) is 0. The molecular formula is C6H11NO. The Labute approximate surface area is 49.7 Å². The van der Waals surface area contributed by atoms with E-state index in [9.17, 15) is 0 Å². The maximum Gasteiger partial charge on any atom is 0.181 e. The molecular weight excluding hydrogens is 102 g/mol. The van der Waals surface area contributed by atoms with Crippen molar-refractivity contribution in [3.63, 3.8) is 0 Å². The Morgan fingerprint density at radius 1 is 1.88 bits per heavy atom. The SMILES string of the molecule is C=C1OCC(C)N1C. The molecule has 1 aliphatic rings. The van der Waals surface area contributed by atoms with Crippen molar-refractivity contribution in [1.29, 1.82) is 0 Å². The highest BCUT2D eigenvalue weighted by molar-refractivity contribution is 4.90. The van der Waals surface area contributed by atoms with E-state index in [1.165, 1.54) is 0 Å². The number of rotatable bonds is 0. The van der Waals surface area contributed by atoms with E-state index >= 15 is 0 Å². The number of hydrogen-bond acceptors (Lipinski definition) is 2. The molecule has 1 rings (SSSR count). The minimum absolute atomic E-state index is 0.502. The average molecular weight is 113 g/mol. The average Bonchev–Trinajstić information content (AvgIpc) is 1.98. The second kappa shape index (κ2) is 1.69. The summed E-state index contributed by atoms with van der Waals surface area (Å²) in [6.45, 7) is 6.59. The van der Waals surface area contributed by atoms with Gasteiger partial charge in [-0.3, -0.25) is 0 Å². The summed E-state index contributed by atoms with van der Waals surface area (Å²) in [6, 6.07) is 0.502. The molecule has 2 nitrogen and oxygen atoms in total.